The van der Waals surface area contributed by atoms with Crippen molar-refractivity contribution in [1.29, 1.82) is 0 Å². The minimum absolute atomic E-state index is 0.106. The van der Waals surface area contributed by atoms with E-state index in [1.807, 2.05) is 6.26 Å². The second-order valence-corrected chi connectivity index (χ2v) is 6.87. The van der Waals surface area contributed by atoms with E-state index >= 15 is 0 Å². The lowest BCUT2D eigenvalue weighted by atomic mass is 10.2. The number of halogens is 1. The number of benzene rings is 1. The molecule has 132 valence electrons. The fourth-order valence-corrected chi connectivity index (χ4v) is 3.66. The van der Waals surface area contributed by atoms with Gasteiger partial charge in [-0.2, -0.15) is 0 Å². The molecule has 3 rings (SSSR count). The Bertz CT molecular complexity index is 882. The molecule has 1 amide bonds. The van der Waals surface area contributed by atoms with Crippen molar-refractivity contribution in [2.45, 2.75) is 31.0 Å². The molecule has 1 aliphatic rings. The van der Waals surface area contributed by atoms with Crippen molar-refractivity contribution >= 4 is 35.0 Å². The summed E-state index contributed by atoms with van der Waals surface area (Å²) in [5.41, 5.74) is 1.93. The smallest absolute Gasteiger partial charge is 0.258 e. The zero-order valence-corrected chi connectivity index (χ0v) is 15.5. The summed E-state index contributed by atoms with van der Waals surface area (Å²) in [4.78, 5) is 29.7. The lowest BCUT2D eigenvalue weighted by Crippen LogP contribution is -2.32. The highest BCUT2D eigenvalue weighted by molar-refractivity contribution is 7.98. The summed E-state index contributed by atoms with van der Waals surface area (Å²) >= 11 is 7.34. The van der Waals surface area contributed by atoms with Crippen molar-refractivity contribution < 1.29 is 9.53 Å². The summed E-state index contributed by atoms with van der Waals surface area (Å²) in [6, 6.07) is 4.96. The summed E-state index contributed by atoms with van der Waals surface area (Å²) in [7, 11) is 1.51. The quantitative estimate of drug-likeness (QED) is 0.638. The van der Waals surface area contributed by atoms with Crippen LogP contribution in [-0.2, 0) is 24.2 Å². The highest BCUT2D eigenvalue weighted by atomic mass is 35.5. The molecule has 0 aliphatic heterocycles. The molecule has 0 bridgehead atoms. The van der Waals surface area contributed by atoms with Crippen LogP contribution in [0.5, 0.6) is 5.75 Å². The number of aryl methyl sites for hydroxylation is 1. The molecule has 6 nitrogen and oxygen atoms in total. The van der Waals surface area contributed by atoms with Crippen LogP contribution in [-0.4, -0.2) is 28.8 Å². The van der Waals surface area contributed by atoms with Gasteiger partial charge >= 0.3 is 0 Å². The predicted octanol–water partition coefficient (Wildman–Crippen LogP) is 2.75. The fraction of sp³-hybridized carbons (Fsp3) is 0.353. The Morgan fingerprint density at radius 2 is 2.24 bits per heavy atom. The number of carbonyl (C=O) groups excluding carboxylic acids is 1. The van der Waals surface area contributed by atoms with E-state index in [1.165, 1.54) is 23.4 Å². The third-order valence-electron chi connectivity index (χ3n) is 4.07. The maximum absolute atomic E-state index is 12.7. The molecule has 1 aliphatic carbocycles. The van der Waals surface area contributed by atoms with Gasteiger partial charge in [0.05, 0.1) is 18.5 Å². The Morgan fingerprint density at radius 3 is 2.96 bits per heavy atom. The Hall–Kier alpha value is -1.99. The molecule has 1 N–H and O–H groups in total. The van der Waals surface area contributed by atoms with E-state index in [9.17, 15) is 9.59 Å². The van der Waals surface area contributed by atoms with Crippen LogP contribution in [0.1, 0.15) is 17.7 Å². The molecule has 0 spiro atoms. The molecule has 25 heavy (non-hydrogen) atoms. The van der Waals surface area contributed by atoms with Crippen LogP contribution in [0.2, 0.25) is 5.02 Å². The van der Waals surface area contributed by atoms with Crippen LogP contribution in [0, 0.1) is 0 Å². The molecule has 8 heteroatoms. The molecule has 0 atom stereocenters. The number of nitrogens with one attached hydrogen (secondary N) is 1. The van der Waals surface area contributed by atoms with Crippen LogP contribution in [0.4, 0.5) is 5.69 Å². The van der Waals surface area contributed by atoms with Crippen molar-refractivity contribution in [3.05, 3.63) is 44.8 Å². The van der Waals surface area contributed by atoms with E-state index in [2.05, 4.69) is 10.3 Å². The minimum Gasteiger partial charge on any atom is -0.495 e. The number of carbonyl (C=O) groups is 1. The van der Waals surface area contributed by atoms with Crippen LogP contribution in [0.15, 0.2) is 28.2 Å². The molecule has 0 saturated carbocycles. The average Bonchev–Trinajstić information content (AvgIpc) is 3.06. The average molecular weight is 380 g/mol. The normalized spacial score (nSPS) is 12.8. The van der Waals surface area contributed by atoms with Gasteiger partial charge in [0.15, 0.2) is 5.16 Å². The predicted molar refractivity (Wildman–Crippen MR) is 98.9 cm³/mol. The molecular formula is C17H18ClN3O3S. The van der Waals surface area contributed by atoms with Gasteiger partial charge in [0.1, 0.15) is 12.3 Å². The minimum atomic E-state index is -0.335. The van der Waals surface area contributed by atoms with Crippen LogP contribution < -0.4 is 15.6 Å². The maximum Gasteiger partial charge on any atom is 0.258 e. The SMILES string of the molecule is COc1ccc(Cl)cc1NC(=O)Cn1c(SC)nc2c(c1=O)CCC2. The van der Waals surface area contributed by atoms with Gasteiger partial charge in [-0.15, -0.1) is 0 Å². The largest absolute Gasteiger partial charge is 0.495 e. The Balaban J connectivity index is 1.87. The highest BCUT2D eigenvalue weighted by Crippen LogP contribution is 2.27. The number of hydrogen-bond donors (Lipinski definition) is 1. The number of ether oxygens (including phenoxy) is 1. The van der Waals surface area contributed by atoms with E-state index in [-0.39, 0.29) is 18.0 Å². The third-order valence-corrected chi connectivity index (χ3v) is 4.99. The standard InChI is InChI=1S/C17H18ClN3O3S/c1-24-14-7-6-10(18)8-13(14)19-15(22)9-21-16(23)11-4-3-5-12(11)20-17(21)25-2/h6-8H,3-5,9H2,1-2H3,(H,19,22). The summed E-state index contributed by atoms with van der Waals surface area (Å²) in [5.74, 6) is 0.167. The Kier molecular flexibility index (Phi) is 5.34. The van der Waals surface area contributed by atoms with Crippen molar-refractivity contribution in [2.24, 2.45) is 0 Å². The second-order valence-electron chi connectivity index (χ2n) is 5.66. The summed E-state index contributed by atoms with van der Waals surface area (Å²) in [6.45, 7) is -0.106. The van der Waals surface area contributed by atoms with Gasteiger partial charge in [-0.05, 0) is 43.7 Å². The zero-order valence-electron chi connectivity index (χ0n) is 14.0. The van der Waals surface area contributed by atoms with Gasteiger partial charge in [0.25, 0.3) is 5.56 Å². The number of nitrogens with zero attached hydrogens (tertiary/aromatic N) is 2. The lowest BCUT2D eigenvalue weighted by Gasteiger charge is -2.14. The Labute approximate surface area is 154 Å². The zero-order chi connectivity index (χ0) is 18.0. The van der Waals surface area contributed by atoms with E-state index in [4.69, 9.17) is 16.3 Å². The molecule has 0 fully saturated rings. The van der Waals surface area contributed by atoms with Crippen molar-refractivity contribution in [3.8, 4) is 5.75 Å². The number of anilines is 1. The van der Waals surface area contributed by atoms with Crippen molar-refractivity contribution in [2.75, 3.05) is 18.7 Å². The second kappa shape index (κ2) is 7.49. The van der Waals surface area contributed by atoms with Crippen LogP contribution in [0.3, 0.4) is 0 Å². The van der Waals surface area contributed by atoms with E-state index in [0.717, 1.165) is 30.5 Å². The molecule has 1 aromatic carbocycles. The van der Waals surface area contributed by atoms with E-state index in [0.29, 0.717) is 21.6 Å². The lowest BCUT2D eigenvalue weighted by molar-refractivity contribution is -0.116. The first-order valence-corrected chi connectivity index (χ1v) is 9.43. The first-order valence-electron chi connectivity index (χ1n) is 7.83. The number of aromatic nitrogens is 2. The molecule has 0 saturated heterocycles. The third kappa shape index (κ3) is 3.67. The monoisotopic (exact) mass is 379 g/mol. The van der Waals surface area contributed by atoms with E-state index in [1.54, 1.807) is 18.2 Å². The van der Waals surface area contributed by atoms with Crippen molar-refractivity contribution in [3.63, 3.8) is 0 Å². The fourth-order valence-electron chi connectivity index (χ4n) is 2.91. The Morgan fingerprint density at radius 1 is 1.44 bits per heavy atom. The van der Waals surface area contributed by atoms with Gasteiger partial charge in [0, 0.05) is 10.6 Å². The highest BCUT2D eigenvalue weighted by Gasteiger charge is 2.21. The number of hydrogen-bond acceptors (Lipinski definition) is 5. The van der Waals surface area contributed by atoms with Gasteiger partial charge < -0.3 is 10.1 Å². The van der Waals surface area contributed by atoms with Gasteiger partial charge in [-0.25, -0.2) is 4.98 Å². The summed E-state index contributed by atoms with van der Waals surface area (Å²) < 4.78 is 6.65. The van der Waals surface area contributed by atoms with Crippen LogP contribution in [0.25, 0.3) is 0 Å². The first-order chi connectivity index (χ1) is 12.0. The van der Waals surface area contributed by atoms with Gasteiger partial charge in [-0.3, -0.25) is 14.2 Å². The number of fused-ring (bicyclic) bond motifs is 1. The van der Waals surface area contributed by atoms with E-state index < -0.39 is 0 Å². The number of thioether (sulfide) groups is 1. The summed E-state index contributed by atoms with van der Waals surface area (Å²) in [6.07, 6.45) is 4.32. The summed E-state index contributed by atoms with van der Waals surface area (Å²) in [5, 5.41) is 3.79. The number of amides is 1. The van der Waals surface area contributed by atoms with Gasteiger partial charge in [-0.1, -0.05) is 23.4 Å². The van der Waals surface area contributed by atoms with Crippen LogP contribution >= 0.6 is 23.4 Å². The molecule has 0 unspecified atom stereocenters. The molecule has 2 aromatic rings. The molecular weight excluding hydrogens is 362 g/mol. The molecule has 0 radical (unpaired) electrons. The molecule has 1 aromatic heterocycles. The maximum atomic E-state index is 12.7. The first kappa shape index (κ1) is 17.8. The molecule has 1 heterocycles. The van der Waals surface area contributed by atoms with Crippen molar-refractivity contribution in [1.82, 2.24) is 9.55 Å². The topological polar surface area (TPSA) is 73.2 Å². The number of rotatable bonds is 5. The number of methoxy groups -OCH3 is 1. The van der Waals surface area contributed by atoms with Gasteiger partial charge in [0.2, 0.25) is 5.91 Å².